The van der Waals surface area contributed by atoms with E-state index in [4.69, 9.17) is 14.2 Å². The van der Waals surface area contributed by atoms with Gasteiger partial charge in [-0.15, -0.1) is 0 Å². The topological polar surface area (TPSA) is 78.9 Å². The van der Waals surface area contributed by atoms with Crippen LogP contribution in [0.4, 0.5) is 0 Å². The molecule has 6 heteroatoms. The third-order valence-electron chi connectivity index (χ3n) is 12.5. The molecule has 0 spiro atoms. The molecule has 388 valence electrons. The summed E-state index contributed by atoms with van der Waals surface area (Å²) in [5.41, 5.74) is 0. The molecule has 0 saturated heterocycles. The van der Waals surface area contributed by atoms with Crippen LogP contribution in [0, 0.1) is 0 Å². The fraction of sp³-hybridized carbons (Fsp3) is 0.787. The molecule has 0 aliphatic heterocycles. The van der Waals surface area contributed by atoms with E-state index >= 15 is 0 Å². The van der Waals surface area contributed by atoms with Crippen LogP contribution >= 0.6 is 0 Å². The zero-order valence-electron chi connectivity index (χ0n) is 44.4. The van der Waals surface area contributed by atoms with E-state index in [0.717, 1.165) is 96.3 Å². The molecule has 0 aliphatic rings. The van der Waals surface area contributed by atoms with Gasteiger partial charge in [0.25, 0.3) is 0 Å². The second-order valence-corrected chi connectivity index (χ2v) is 19.2. The molecule has 0 N–H and O–H groups in total. The maximum Gasteiger partial charge on any atom is 0.306 e. The highest BCUT2D eigenvalue weighted by atomic mass is 16.6. The predicted molar refractivity (Wildman–Crippen MR) is 288 cm³/mol. The van der Waals surface area contributed by atoms with E-state index in [2.05, 4.69) is 81.5 Å². The number of unbranched alkanes of at least 4 members (excludes halogenated alkanes) is 31. The quantitative estimate of drug-likeness (QED) is 0.0262. The minimum Gasteiger partial charge on any atom is -0.462 e. The SMILES string of the molecule is CC/C=C\C/C=C\C/C=C\CCCCCCCCCC(=O)OC(COC(=O)CCCCCCCCC/C=C\C/C=C\CCCCCC)COC(=O)CCCCCCCCCCCCCCCC. The molecule has 1 atom stereocenters. The molecule has 0 bridgehead atoms. The first kappa shape index (κ1) is 64.1. The summed E-state index contributed by atoms with van der Waals surface area (Å²) in [4.78, 5) is 38.2. The molecular formula is C61H108O6. The van der Waals surface area contributed by atoms with Crippen molar-refractivity contribution in [3.63, 3.8) is 0 Å². The summed E-state index contributed by atoms with van der Waals surface area (Å²) in [6.45, 7) is 6.53. The first-order chi connectivity index (χ1) is 33.0. The van der Waals surface area contributed by atoms with Crippen LogP contribution in [0.1, 0.15) is 290 Å². The fourth-order valence-corrected chi connectivity index (χ4v) is 8.19. The standard InChI is InChI=1S/C61H108O6/c1-4-7-10-13-16-19-22-25-28-30-32-33-36-39-42-45-48-51-54-60(63)66-57-58(56-65-59(62)53-50-47-44-41-38-35-27-24-21-18-15-12-9-6-3)67-61(64)55-52-49-46-43-40-37-34-31-29-26-23-20-17-14-11-8-5-2/h8,11,17,19-20,22,26,28-30,58H,4-7,9-10,12-16,18,21,23-25,27,31-57H2,1-3H3/b11-8-,20-17-,22-19-,29-26-,30-28-. The Kier molecular flexibility index (Phi) is 53.3. The van der Waals surface area contributed by atoms with E-state index in [-0.39, 0.29) is 31.1 Å². The molecule has 6 nitrogen and oxygen atoms in total. The van der Waals surface area contributed by atoms with Gasteiger partial charge in [-0.3, -0.25) is 14.4 Å². The van der Waals surface area contributed by atoms with Gasteiger partial charge < -0.3 is 14.2 Å². The molecule has 0 aliphatic carbocycles. The summed E-state index contributed by atoms with van der Waals surface area (Å²) in [7, 11) is 0. The summed E-state index contributed by atoms with van der Waals surface area (Å²) in [5, 5.41) is 0. The third kappa shape index (κ3) is 53.9. The van der Waals surface area contributed by atoms with Gasteiger partial charge in [-0.1, -0.05) is 248 Å². The molecule has 0 saturated carbocycles. The van der Waals surface area contributed by atoms with Gasteiger partial charge in [0.1, 0.15) is 13.2 Å². The maximum absolute atomic E-state index is 12.9. The average Bonchev–Trinajstić information content (AvgIpc) is 3.33. The van der Waals surface area contributed by atoms with Crippen molar-refractivity contribution in [1.29, 1.82) is 0 Å². The Bertz CT molecular complexity index is 1210. The zero-order valence-corrected chi connectivity index (χ0v) is 44.4. The zero-order chi connectivity index (χ0) is 48.6. The van der Waals surface area contributed by atoms with Crippen molar-refractivity contribution in [1.82, 2.24) is 0 Å². The molecule has 67 heavy (non-hydrogen) atoms. The van der Waals surface area contributed by atoms with Gasteiger partial charge in [-0.25, -0.2) is 0 Å². The molecule has 0 rings (SSSR count). The maximum atomic E-state index is 12.9. The number of allylic oxidation sites excluding steroid dienone is 10. The normalized spacial score (nSPS) is 12.5. The molecule has 0 aromatic heterocycles. The lowest BCUT2D eigenvalue weighted by Crippen LogP contribution is -2.30. The second kappa shape index (κ2) is 55.7. The van der Waals surface area contributed by atoms with Crippen molar-refractivity contribution in [2.45, 2.75) is 297 Å². The van der Waals surface area contributed by atoms with Crippen molar-refractivity contribution >= 4 is 17.9 Å². The van der Waals surface area contributed by atoms with Crippen LogP contribution < -0.4 is 0 Å². The monoisotopic (exact) mass is 937 g/mol. The minimum absolute atomic E-state index is 0.0783. The van der Waals surface area contributed by atoms with Gasteiger partial charge in [0, 0.05) is 19.3 Å². The van der Waals surface area contributed by atoms with Gasteiger partial charge in [0.05, 0.1) is 0 Å². The number of carbonyl (C=O) groups excluding carboxylic acids is 3. The highest BCUT2D eigenvalue weighted by molar-refractivity contribution is 5.71. The molecule has 0 fully saturated rings. The lowest BCUT2D eigenvalue weighted by atomic mass is 10.0. The van der Waals surface area contributed by atoms with Gasteiger partial charge in [0.2, 0.25) is 0 Å². The van der Waals surface area contributed by atoms with Crippen molar-refractivity contribution in [3.05, 3.63) is 60.8 Å². The number of rotatable bonds is 52. The van der Waals surface area contributed by atoms with Gasteiger partial charge in [-0.05, 0) is 83.5 Å². The smallest absolute Gasteiger partial charge is 0.306 e. The van der Waals surface area contributed by atoms with Gasteiger partial charge >= 0.3 is 17.9 Å². The van der Waals surface area contributed by atoms with E-state index in [9.17, 15) is 14.4 Å². The number of esters is 3. The molecule has 0 aromatic carbocycles. The molecule has 0 heterocycles. The predicted octanol–water partition coefficient (Wildman–Crippen LogP) is 19.2. The largest absolute Gasteiger partial charge is 0.462 e. The van der Waals surface area contributed by atoms with E-state index in [1.165, 1.54) is 154 Å². The fourth-order valence-electron chi connectivity index (χ4n) is 8.19. The summed E-state index contributed by atoms with van der Waals surface area (Å²) in [5.74, 6) is -0.884. The van der Waals surface area contributed by atoms with Crippen LogP contribution in [-0.2, 0) is 28.6 Å². The molecule has 0 aromatic rings. The van der Waals surface area contributed by atoms with Crippen LogP contribution in [0.3, 0.4) is 0 Å². The summed E-state index contributed by atoms with van der Waals surface area (Å²) < 4.78 is 16.9. The number of carbonyl (C=O) groups is 3. The molecule has 0 amide bonds. The van der Waals surface area contributed by atoms with E-state index in [0.29, 0.717) is 19.3 Å². The molecular weight excluding hydrogens is 829 g/mol. The lowest BCUT2D eigenvalue weighted by Gasteiger charge is -2.18. The summed E-state index contributed by atoms with van der Waals surface area (Å²) >= 11 is 0. The van der Waals surface area contributed by atoms with Gasteiger partial charge in [0.15, 0.2) is 6.10 Å². The van der Waals surface area contributed by atoms with Crippen molar-refractivity contribution in [2.75, 3.05) is 13.2 Å². The Balaban J connectivity index is 4.38. The Hall–Kier alpha value is -2.89. The second-order valence-electron chi connectivity index (χ2n) is 19.2. The number of hydrogen-bond acceptors (Lipinski definition) is 6. The van der Waals surface area contributed by atoms with Crippen molar-refractivity contribution in [3.8, 4) is 0 Å². The Morgan fingerprint density at radius 2 is 0.582 bits per heavy atom. The van der Waals surface area contributed by atoms with Gasteiger partial charge in [-0.2, -0.15) is 0 Å². The lowest BCUT2D eigenvalue weighted by molar-refractivity contribution is -0.167. The highest BCUT2D eigenvalue weighted by Gasteiger charge is 2.19. The van der Waals surface area contributed by atoms with E-state index in [1.807, 2.05) is 0 Å². The van der Waals surface area contributed by atoms with Crippen molar-refractivity contribution < 1.29 is 28.6 Å². The van der Waals surface area contributed by atoms with E-state index < -0.39 is 6.10 Å². The van der Waals surface area contributed by atoms with Crippen LogP contribution in [-0.4, -0.2) is 37.2 Å². The van der Waals surface area contributed by atoms with E-state index in [1.54, 1.807) is 0 Å². The average molecular weight is 938 g/mol. The Labute approximate surface area is 415 Å². The van der Waals surface area contributed by atoms with Crippen LogP contribution in [0.15, 0.2) is 60.8 Å². The number of ether oxygens (including phenoxy) is 3. The minimum atomic E-state index is -0.781. The highest BCUT2D eigenvalue weighted by Crippen LogP contribution is 2.16. The number of hydrogen-bond donors (Lipinski definition) is 0. The summed E-state index contributed by atoms with van der Waals surface area (Å²) in [6, 6.07) is 0. The Morgan fingerprint density at radius 1 is 0.313 bits per heavy atom. The third-order valence-corrected chi connectivity index (χ3v) is 12.5. The molecule has 0 radical (unpaired) electrons. The van der Waals surface area contributed by atoms with Crippen LogP contribution in [0.2, 0.25) is 0 Å². The first-order valence-corrected chi connectivity index (χ1v) is 28.8. The summed E-state index contributed by atoms with van der Waals surface area (Å²) in [6.07, 6.45) is 69.2. The first-order valence-electron chi connectivity index (χ1n) is 28.8. The van der Waals surface area contributed by atoms with Crippen LogP contribution in [0.5, 0.6) is 0 Å². The Morgan fingerprint density at radius 3 is 0.925 bits per heavy atom. The molecule has 1 unspecified atom stereocenters. The van der Waals surface area contributed by atoms with Crippen molar-refractivity contribution in [2.24, 2.45) is 0 Å². The van der Waals surface area contributed by atoms with Crippen LogP contribution in [0.25, 0.3) is 0 Å².